The van der Waals surface area contributed by atoms with Crippen LogP contribution in [0.2, 0.25) is 0 Å². The third-order valence-corrected chi connectivity index (χ3v) is 30.2. The van der Waals surface area contributed by atoms with Crippen molar-refractivity contribution in [3.8, 4) is 92.6 Å². The molecule has 2 spiro atoms. The van der Waals surface area contributed by atoms with Crippen LogP contribution in [0.25, 0.3) is 0 Å². The lowest BCUT2D eigenvalue weighted by Gasteiger charge is -2.62. The maximum atomic E-state index is 15.0. The Morgan fingerprint density at radius 1 is 0.496 bits per heavy atom. The highest BCUT2D eigenvalue weighted by Crippen LogP contribution is 2.69. The number of carbonyl (C=O) groups excluding carboxylic acids is 6. The summed E-state index contributed by atoms with van der Waals surface area (Å²) in [4.78, 5) is 86.0. The summed E-state index contributed by atoms with van der Waals surface area (Å²) in [6.45, 7) is 9.31. The molecule has 139 heavy (non-hydrogen) atoms. The molecule has 47 heteroatoms. The van der Waals surface area contributed by atoms with Gasteiger partial charge in [0.2, 0.25) is 13.6 Å². The summed E-state index contributed by atoms with van der Waals surface area (Å²) < 4.78 is 253. The van der Waals surface area contributed by atoms with Crippen LogP contribution in [0.15, 0.2) is 36.4 Å². The third-order valence-electron chi connectivity index (χ3n) is 27.1. The summed E-state index contributed by atoms with van der Waals surface area (Å²) in [7, 11) is 9.26. The fourth-order valence-electron chi connectivity index (χ4n) is 21.2. The Labute approximate surface area is 801 Å². The van der Waals surface area contributed by atoms with E-state index in [1.54, 1.807) is 26.0 Å². The molecule has 6 aromatic rings. The lowest BCUT2D eigenvalue weighted by Crippen LogP contribution is -2.69. The van der Waals surface area contributed by atoms with Crippen LogP contribution in [0.3, 0.4) is 0 Å². The number of rotatable bonds is 11. The second-order valence-electron chi connectivity index (χ2n) is 34.1. The molecule has 20 rings (SSSR count). The molecular weight excluding hydrogens is 1930 g/mol. The Kier molecular flexibility index (Phi) is 29.2. The largest absolute Gasteiger partial charge is 0.504 e. The molecule has 0 aliphatic carbocycles. The number of aromatic hydroxyl groups is 3. The van der Waals surface area contributed by atoms with Crippen molar-refractivity contribution in [3.63, 3.8) is 0 Å². The number of likely N-dealkylation sites (N-methyl/N-ethyl adjacent to an activating group) is 2. The van der Waals surface area contributed by atoms with E-state index in [9.17, 15) is 116 Å². The van der Waals surface area contributed by atoms with Gasteiger partial charge in [0.25, 0.3) is 5.24 Å². The van der Waals surface area contributed by atoms with Gasteiger partial charge in [-0.1, -0.05) is 41.8 Å². The molecule has 30 nitrogen and oxygen atoms in total. The number of hydrogen-bond donors (Lipinski definition) is 5. The van der Waals surface area contributed by atoms with Crippen LogP contribution in [-0.4, -0.2) is 236 Å². The van der Waals surface area contributed by atoms with Crippen molar-refractivity contribution in [2.75, 3.05) is 93.9 Å². The van der Waals surface area contributed by atoms with E-state index in [0.29, 0.717) is 104 Å². The van der Waals surface area contributed by atoms with E-state index >= 15 is 0 Å². The first-order valence-electron chi connectivity index (χ1n) is 41.6. The fourth-order valence-corrected chi connectivity index (χ4v) is 24.7. The van der Waals surface area contributed by atoms with Crippen molar-refractivity contribution >= 4 is 70.2 Å². The number of methoxy groups -OCH3 is 4. The Balaban J connectivity index is 0.000000218. The molecule has 0 amide bonds. The Morgan fingerprint density at radius 3 is 1.24 bits per heavy atom. The van der Waals surface area contributed by atoms with Gasteiger partial charge in [0.1, 0.15) is 36.8 Å². The smallest absolute Gasteiger partial charge is 0.460 e. The lowest BCUT2D eigenvalue weighted by atomic mass is 9.71. The van der Waals surface area contributed by atoms with E-state index in [0.717, 1.165) is 41.5 Å². The van der Waals surface area contributed by atoms with Gasteiger partial charge in [0, 0.05) is 107 Å². The Hall–Kier alpha value is -11.1. The first-order chi connectivity index (χ1) is 63.4. The third kappa shape index (κ3) is 16.3. The van der Waals surface area contributed by atoms with Crippen LogP contribution in [0.1, 0.15) is 167 Å². The van der Waals surface area contributed by atoms with Gasteiger partial charge in [-0.3, -0.25) is 44.6 Å². The molecule has 0 aromatic heterocycles. The van der Waals surface area contributed by atoms with E-state index in [2.05, 4.69) is 48.9 Å². The molecule has 0 saturated carbocycles. The second kappa shape index (κ2) is 38.1. The standard InChI is InChI=1S/C44H41F7N4O11S.C40H42N4O10S.C4ClF7O.4CH4/c1-17-9-21-10-23-24(13-52)55-25-14-62-39(58)41(22-12-26(60-5)27(11-20(22)7-8-53-41)66-40(59)42(45,46)43(47,48)44(49,50)51)15-67-38(32(55)31(54(23)4)28(21)33(57)34(17)61-6)30-29(25)37-36(63-16-64-37)18(2)35(30)65-19(3)56;1-17-9-21-10-23-24(13-41)44-25-14-51-39(48)40(22-12-27(49-5)26(46)11-20(22)7-8-42-40)15-55-38(32(44)31(43(23)4)28(21)33(47)34(17)50-6)30-29(25)37-36(52-16-53-37)18(2)35(30)54-19(3)45;5-1(13)2(6,7)3(8,9)4(10,11)12;;;;/h9,11-12,23-25,31-32,38,53,57H,7-8,10,14-16H2,1-6H3;9,11-12,23-25,31-32,38,42,46-47H,7-8,10,14-16H2,1-6H3;;4*1H4/t23-,24-,25-,31+,32?,38+,41+;23-,24-,25-,31+,32?,38+,40+;;;;;/m00...../s1. The number of fused-ring (bicyclic) bond motifs is 18. The number of ether oxygens (including phenoxy) is 13. The number of esters is 5. The SMILES string of the molecule is C.C.C.C.COc1cc2c(cc1O)CCN[C@]21CS[C@@H]2c3c(OC(C)=O)c(C)c4c(c3[C@H](COC1=O)N1C2[C@H]2c3c(cc(C)c(OC)c3O)C[C@@H]([C@@H]1C#N)N2C)OCO4.COc1cc2c(cc1OC(=O)C(F)(F)C(F)(F)C(F)(F)F)CCN[C@]21CS[C@@H]2c3c(OC(C)=O)c(C)c4c(c3[C@H](COC1=O)N1C2[C@H]2c3c(cc(C)c(OC)c3O)C[C@@H]([C@@H]1C#N)N2C)OCO4.O=C(Cl)C(F)(F)C(F)(F)C(F)(F)F. The van der Waals surface area contributed by atoms with Crippen LogP contribution >= 0.6 is 35.1 Å². The normalized spacial score (nSPS) is 25.6. The molecule has 14 aliphatic rings. The van der Waals surface area contributed by atoms with E-state index in [1.807, 2.05) is 49.9 Å². The molecule has 14 heterocycles. The van der Waals surface area contributed by atoms with Crippen LogP contribution < -0.4 is 62.7 Å². The summed E-state index contributed by atoms with van der Waals surface area (Å²) >= 11 is 6.56. The van der Waals surface area contributed by atoms with Crippen molar-refractivity contribution in [3.05, 3.63) is 125 Å². The monoisotopic (exact) mass is 2030 g/mol. The van der Waals surface area contributed by atoms with Crippen molar-refractivity contribution in [1.82, 2.24) is 30.2 Å². The van der Waals surface area contributed by atoms with Gasteiger partial charge in [0.15, 0.2) is 80.1 Å². The number of hydrogen-bond acceptors (Lipinski definition) is 32. The molecule has 8 bridgehead atoms. The molecular formula is C92H99ClF14N8O22S2. The highest BCUT2D eigenvalue weighted by Gasteiger charge is 2.78. The number of alkyl halides is 14. The van der Waals surface area contributed by atoms with Crippen LogP contribution in [0, 0.1) is 50.4 Å². The minimum atomic E-state index is -6.81. The van der Waals surface area contributed by atoms with Gasteiger partial charge in [0.05, 0.1) is 75.2 Å². The highest BCUT2D eigenvalue weighted by molar-refractivity contribution is 7.99. The summed E-state index contributed by atoms with van der Waals surface area (Å²) in [6, 6.07) is 7.95. The average Bonchev–Trinajstić information content (AvgIpc) is 1.69. The lowest BCUT2D eigenvalue weighted by molar-refractivity contribution is -0.346. The van der Waals surface area contributed by atoms with Gasteiger partial charge in [-0.15, -0.1) is 23.5 Å². The summed E-state index contributed by atoms with van der Waals surface area (Å²) in [5.41, 5.74) is 6.08. The molecule has 14 aliphatic heterocycles. The van der Waals surface area contributed by atoms with E-state index < -0.39 is 165 Å². The predicted molar refractivity (Wildman–Crippen MR) is 470 cm³/mol. The van der Waals surface area contributed by atoms with Crippen molar-refractivity contribution in [2.24, 2.45) is 0 Å². The van der Waals surface area contributed by atoms with Crippen molar-refractivity contribution < 1.29 is 167 Å². The number of phenolic OH excluding ortho intramolecular Hbond substituents is 3. The van der Waals surface area contributed by atoms with Gasteiger partial charge in [-0.2, -0.15) is 72.0 Å². The summed E-state index contributed by atoms with van der Waals surface area (Å²) in [5, 5.41) is 59.4. The van der Waals surface area contributed by atoms with E-state index in [-0.39, 0.29) is 138 Å². The van der Waals surface area contributed by atoms with E-state index in [4.69, 9.17) is 56.8 Å². The topological polar surface area (TPSA) is 368 Å². The molecule has 0 radical (unpaired) electrons. The van der Waals surface area contributed by atoms with E-state index in [1.165, 1.54) is 58.7 Å². The number of thioether (sulfide) groups is 2. The number of halogens is 15. The molecule has 5 N–H and O–H groups in total. The number of aryl methyl sites for hydroxylation is 2. The Bertz CT molecular complexity index is 6070. The number of nitrogens with zero attached hydrogens (tertiary/aromatic N) is 6. The highest BCUT2D eigenvalue weighted by atomic mass is 35.5. The molecule has 4 saturated heterocycles. The van der Waals surface area contributed by atoms with Crippen molar-refractivity contribution in [1.29, 1.82) is 10.5 Å². The molecule has 4 fully saturated rings. The van der Waals surface area contributed by atoms with Gasteiger partial charge >= 0.3 is 65.9 Å². The molecule has 14 atom stereocenters. The van der Waals surface area contributed by atoms with Crippen molar-refractivity contribution in [2.45, 2.75) is 215 Å². The first-order valence-corrected chi connectivity index (χ1v) is 44.0. The fraction of sp³-hybridized carbons (Fsp3) is 0.522. The maximum absolute atomic E-state index is 15.0. The molecule has 6 aromatic carbocycles. The van der Waals surface area contributed by atoms with Gasteiger partial charge in [-0.05, 0) is 148 Å². The Morgan fingerprint density at radius 2 is 0.878 bits per heavy atom. The summed E-state index contributed by atoms with van der Waals surface area (Å²) in [5.74, 6) is -30.3. The number of piperazine rings is 2. The minimum Gasteiger partial charge on any atom is -0.504 e. The quantitative estimate of drug-likeness (QED) is 0.0348. The number of nitrogens with one attached hydrogen (secondary N) is 2. The zero-order chi connectivity index (χ0) is 98.2. The number of nitriles is 2. The predicted octanol–water partition coefficient (Wildman–Crippen LogP) is 15.1. The number of phenols is 3. The number of carbonyl (C=O) groups is 6. The minimum absolute atomic E-state index is 0. The van der Waals surface area contributed by atoms with Gasteiger partial charge in [-0.25, -0.2) is 14.4 Å². The zero-order valence-corrected chi connectivity index (χ0v) is 75.5. The average molecular weight is 2030 g/mol. The zero-order valence-electron chi connectivity index (χ0n) is 73.1. The number of benzene rings is 6. The summed E-state index contributed by atoms with van der Waals surface area (Å²) in [6.07, 6.45) is -11.9. The second-order valence-corrected chi connectivity index (χ2v) is 36.7. The molecule has 2 unspecified atom stereocenters. The van der Waals surface area contributed by atoms with Gasteiger partial charge < -0.3 is 76.9 Å². The van der Waals surface area contributed by atoms with Crippen LogP contribution in [0.5, 0.6) is 80.5 Å². The van der Waals surface area contributed by atoms with Crippen LogP contribution in [0.4, 0.5) is 61.5 Å². The first kappa shape index (κ1) is 107. The maximum Gasteiger partial charge on any atom is 0.460 e. The van der Waals surface area contributed by atoms with Crippen LogP contribution in [-0.2, 0) is 75.0 Å². The molecule has 756 valence electrons.